The van der Waals surface area contributed by atoms with Crippen molar-refractivity contribution in [3.63, 3.8) is 0 Å². The summed E-state index contributed by atoms with van der Waals surface area (Å²) in [6.45, 7) is 0. The number of anilines is 6. The Morgan fingerprint density at radius 2 is 0.692 bits per heavy atom. The number of alkyl halides is 9. The molecule has 0 radical (unpaired) electrons. The first kappa shape index (κ1) is 27.7. The van der Waals surface area contributed by atoms with Crippen LogP contribution in [0.3, 0.4) is 0 Å². The third-order valence-electron chi connectivity index (χ3n) is 5.46. The molecule has 3 nitrogen and oxygen atoms in total. The molecule has 0 bridgehead atoms. The van der Waals surface area contributed by atoms with E-state index in [0.29, 0.717) is 0 Å². The zero-order valence-electron chi connectivity index (χ0n) is 19.6. The molecule has 0 aliphatic heterocycles. The maximum absolute atomic E-state index is 13.3. The van der Waals surface area contributed by atoms with Gasteiger partial charge in [0, 0.05) is 17.1 Å². The summed E-state index contributed by atoms with van der Waals surface area (Å²) in [7, 11) is 0. The van der Waals surface area contributed by atoms with Crippen LogP contribution in [-0.2, 0) is 18.5 Å². The van der Waals surface area contributed by atoms with Gasteiger partial charge in [0.05, 0.1) is 33.8 Å². The second-order valence-corrected chi connectivity index (χ2v) is 8.34. The van der Waals surface area contributed by atoms with Crippen LogP contribution in [-0.4, -0.2) is 0 Å². The van der Waals surface area contributed by atoms with Gasteiger partial charge in [-0.05, 0) is 66.7 Å². The molecule has 0 aromatic heterocycles. The minimum absolute atomic E-state index is 0.0183. The first-order chi connectivity index (χ1) is 18.2. The lowest BCUT2D eigenvalue weighted by Crippen LogP contribution is -2.07. The van der Waals surface area contributed by atoms with Crippen LogP contribution in [0.1, 0.15) is 16.7 Å². The summed E-state index contributed by atoms with van der Waals surface area (Å²) in [5.74, 6) is 0. The fraction of sp³-hybridized carbons (Fsp3) is 0.111. The van der Waals surface area contributed by atoms with Crippen molar-refractivity contribution in [2.24, 2.45) is 0 Å². The molecule has 4 aromatic rings. The molecule has 0 atom stereocenters. The van der Waals surface area contributed by atoms with Crippen LogP contribution in [0.5, 0.6) is 0 Å². The van der Waals surface area contributed by atoms with Crippen LogP contribution < -0.4 is 16.0 Å². The summed E-state index contributed by atoms with van der Waals surface area (Å²) in [6.07, 6.45) is -13.9. The number of benzene rings is 4. The average molecular weight is 555 g/mol. The molecule has 4 aromatic carbocycles. The van der Waals surface area contributed by atoms with E-state index in [-0.39, 0.29) is 34.1 Å². The van der Waals surface area contributed by atoms with E-state index >= 15 is 0 Å². The minimum Gasteiger partial charge on any atom is -0.354 e. The number of halogens is 9. The van der Waals surface area contributed by atoms with Crippen molar-refractivity contribution in [2.75, 3.05) is 16.0 Å². The van der Waals surface area contributed by atoms with Gasteiger partial charge in [-0.3, -0.25) is 0 Å². The maximum atomic E-state index is 13.3. The summed E-state index contributed by atoms with van der Waals surface area (Å²) in [5, 5.41) is 8.43. The summed E-state index contributed by atoms with van der Waals surface area (Å²) in [6, 6.07) is 17.1. The van der Waals surface area contributed by atoms with Crippen molar-refractivity contribution in [3.05, 3.63) is 108 Å². The lowest BCUT2D eigenvalue weighted by atomic mass is 10.1. The van der Waals surface area contributed by atoms with Crippen LogP contribution in [0, 0.1) is 0 Å². The summed E-state index contributed by atoms with van der Waals surface area (Å²) in [4.78, 5) is 0. The fourth-order valence-corrected chi connectivity index (χ4v) is 3.67. The van der Waals surface area contributed by atoms with E-state index in [1.54, 1.807) is 0 Å². The third kappa shape index (κ3) is 6.95. The number of nitrogens with one attached hydrogen (secondary N) is 3. The first-order valence-corrected chi connectivity index (χ1v) is 11.2. The van der Waals surface area contributed by atoms with Crippen LogP contribution in [0.25, 0.3) is 0 Å². The van der Waals surface area contributed by atoms with Crippen LogP contribution in [0.4, 0.5) is 73.6 Å². The molecule has 0 aliphatic carbocycles. The summed E-state index contributed by atoms with van der Waals surface area (Å²) in [5.41, 5.74) is -2.44. The standard InChI is InChI=1S/C27H18F9N3/c28-25(29,30)16-5-1-8-19(13-16)37-22-11-4-12-23(38-20-9-2-6-17(14-20)26(31,32)33)24(22)39-21-10-3-7-18(15-21)27(34,35)36/h1-15,37-39H. The number of para-hydroxylation sites is 1. The number of rotatable bonds is 6. The van der Waals surface area contributed by atoms with E-state index in [0.717, 1.165) is 42.5 Å². The molecule has 12 heteroatoms. The molecular formula is C27H18F9N3. The molecule has 4 rings (SSSR count). The van der Waals surface area contributed by atoms with Crippen molar-refractivity contribution >= 4 is 34.1 Å². The molecule has 0 spiro atoms. The van der Waals surface area contributed by atoms with Gasteiger partial charge in [-0.25, -0.2) is 0 Å². The molecule has 0 amide bonds. The molecule has 3 N–H and O–H groups in total. The lowest BCUT2D eigenvalue weighted by molar-refractivity contribution is -0.138. The quantitative estimate of drug-likeness (QED) is 0.207. The Balaban J connectivity index is 1.77. The molecule has 204 valence electrons. The highest BCUT2D eigenvalue weighted by Gasteiger charge is 2.32. The zero-order valence-corrected chi connectivity index (χ0v) is 19.6. The van der Waals surface area contributed by atoms with Crippen LogP contribution in [0.15, 0.2) is 91.0 Å². The summed E-state index contributed by atoms with van der Waals surface area (Å²) >= 11 is 0. The molecular weight excluding hydrogens is 537 g/mol. The largest absolute Gasteiger partial charge is 0.416 e. The topological polar surface area (TPSA) is 36.1 Å². The molecule has 0 unspecified atom stereocenters. The van der Waals surface area contributed by atoms with Gasteiger partial charge in [0.1, 0.15) is 0 Å². The molecule has 39 heavy (non-hydrogen) atoms. The fourth-order valence-electron chi connectivity index (χ4n) is 3.67. The van der Waals surface area contributed by atoms with Gasteiger partial charge < -0.3 is 16.0 Å². The van der Waals surface area contributed by atoms with Crippen molar-refractivity contribution in [1.29, 1.82) is 0 Å². The van der Waals surface area contributed by atoms with Crippen molar-refractivity contribution < 1.29 is 39.5 Å². The normalized spacial score (nSPS) is 12.2. The Morgan fingerprint density at radius 1 is 0.385 bits per heavy atom. The Bertz CT molecular complexity index is 1380. The Labute approximate surface area is 216 Å². The Kier molecular flexibility index (Phi) is 7.40. The Hall–Kier alpha value is -4.35. The second kappa shape index (κ2) is 10.4. The SMILES string of the molecule is FC(F)(F)c1cccc(Nc2cccc(Nc3cccc(C(F)(F)F)c3)c2Nc2cccc(C(F)(F)F)c2)c1. The molecule has 0 heterocycles. The molecule has 0 saturated carbocycles. The van der Waals surface area contributed by atoms with Crippen LogP contribution in [0.2, 0.25) is 0 Å². The smallest absolute Gasteiger partial charge is 0.354 e. The van der Waals surface area contributed by atoms with Crippen LogP contribution >= 0.6 is 0 Å². The average Bonchev–Trinajstić information content (AvgIpc) is 2.85. The van der Waals surface area contributed by atoms with E-state index in [1.807, 2.05) is 0 Å². The third-order valence-corrected chi connectivity index (χ3v) is 5.46. The molecule has 0 fully saturated rings. The summed E-state index contributed by atoms with van der Waals surface area (Å²) < 4.78 is 119. The van der Waals surface area contributed by atoms with Gasteiger partial charge in [-0.1, -0.05) is 24.3 Å². The van der Waals surface area contributed by atoms with E-state index in [1.165, 1.54) is 48.5 Å². The highest BCUT2D eigenvalue weighted by molar-refractivity contribution is 5.90. The maximum Gasteiger partial charge on any atom is 0.416 e. The van der Waals surface area contributed by atoms with Gasteiger partial charge in [-0.2, -0.15) is 39.5 Å². The van der Waals surface area contributed by atoms with E-state index < -0.39 is 35.2 Å². The number of hydrogen-bond acceptors (Lipinski definition) is 3. The first-order valence-electron chi connectivity index (χ1n) is 11.2. The van der Waals surface area contributed by atoms with Gasteiger partial charge >= 0.3 is 18.5 Å². The highest BCUT2D eigenvalue weighted by Crippen LogP contribution is 2.40. The van der Waals surface area contributed by atoms with Gasteiger partial charge in [0.15, 0.2) is 0 Å². The Morgan fingerprint density at radius 3 is 1.03 bits per heavy atom. The predicted octanol–water partition coefficient (Wildman–Crippen LogP) is 9.97. The van der Waals surface area contributed by atoms with E-state index in [9.17, 15) is 39.5 Å². The lowest BCUT2D eigenvalue weighted by Gasteiger charge is -2.20. The van der Waals surface area contributed by atoms with E-state index in [4.69, 9.17) is 0 Å². The second-order valence-electron chi connectivity index (χ2n) is 8.34. The van der Waals surface area contributed by atoms with Gasteiger partial charge in [-0.15, -0.1) is 0 Å². The van der Waals surface area contributed by atoms with Crippen molar-refractivity contribution in [1.82, 2.24) is 0 Å². The molecule has 0 aliphatic rings. The predicted molar refractivity (Wildman–Crippen MR) is 131 cm³/mol. The minimum atomic E-state index is -4.65. The van der Waals surface area contributed by atoms with Gasteiger partial charge in [0.2, 0.25) is 0 Å². The number of hydrogen-bond donors (Lipinski definition) is 3. The monoisotopic (exact) mass is 555 g/mol. The zero-order chi connectivity index (χ0) is 28.4. The molecule has 0 saturated heterocycles. The van der Waals surface area contributed by atoms with E-state index in [2.05, 4.69) is 16.0 Å². The highest BCUT2D eigenvalue weighted by atomic mass is 19.4. The van der Waals surface area contributed by atoms with Crippen molar-refractivity contribution in [3.8, 4) is 0 Å². The van der Waals surface area contributed by atoms with Crippen molar-refractivity contribution in [2.45, 2.75) is 18.5 Å². The van der Waals surface area contributed by atoms with Gasteiger partial charge in [0.25, 0.3) is 0 Å².